The average molecular weight is 155 g/mol. The standard InChI is InChI=1S/C6H6O2.Sc/c7-5-1-2-6(8)4-3-5;/h1-4,7-8H;. The quantitative estimate of drug-likeness (QED) is 0.550. The molecule has 0 unspecified atom stereocenters. The van der Waals surface area contributed by atoms with Crippen molar-refractivity contribution < 1.29 is 36.1 Å². The molecule has 1 radical (unpaired) electrons. The maximum absolute atomic E-state index is 8.65. The summed E-state index contributed by atoms with van der Waals surface area (Å²) in [7, 11) is 0. The minimum Gasteiger partial charge on any atom is -0.508 e. The summed E-state index contributed by atoms with van der Waals surface area (Å²) in [5.74, 6) is 0.339. The van der Waals surface area contributed by atoms with Crippen molar-refractivity contribution in [3.63, 3.8) is 0 Å². The minimum atomic E-state index is 0. The summed E-state index contributed by atoms with van der Waals surface area (Å²) >= 11 is 0. The van der Waals surface area contributed by atoms with Crippen LogP contribution in [0.3, 0.4) is 0 Å². The van der Waals surface area contributed by atoms with Crippen LogP contribution in [0, 0.1) is 0 Å². The van der Waals surface area contributed by atoms with Gasteiger partial charge in [0.05, 0.1) is 0 Å². The zero-order valence-corrected chi connectivity index (χ0v) is 6.58. The largest absolute Gasteiger partial charge is 0.508 e. The predicted octanol–water partition coefficient (Wildman–Crippen LogP) is 1.10. The number of rotatable bonds is 0. The molecule has 0 amide bonds. The molecular formula is C6H6O2Sc. The Kier molecular flexibility index (Phi) is 3.54. The second kappa shape index (κ2) is 3.67. The molecule has 0 heterocycles. The van der Waals surface area contributed by atoms with Gasteiger partial charge in [0.1, 0.15) is 11.5 Å². The van der Waals surface area contributed by atoms with E-state index in [0.717, 1.165) is 0 Å². The molecule has 0 bridgehead atoms. The van der Waals surface area contributed by atoms with E-state index in [9.17, 15) is 0 Å². The van der Waals surface area contributed by atoms with E-state index in [1.807, 2.05) is 0 Å². The normalized spacial score (nSPS) is 8.00. The van der Waals surface area contributed by atoms with Crippen LogP contribution in [0.15, 0.2) is 24.3 Å². The fourth-order valence-corrected chi connectivity index (χ4v) is 0.453. The van der Waals surface area contributed by atoms with Crippen molar-refractivity contribution in [3.8, 4) is 11.5 Å². The van der Waals surface area contributed by atoms with E-state index in [2.05, 4.69) is 0 Å². The Morgan fingerprint density at radius 2 is 1.00 bits per heavy atom. The maximum Gasteiger partial charge on any atom is 0.115 e. The molecule has 2 N–H and O–H groups in total. The van der Waals surface area contributed by atoms with Crippen LogP contribution in [0.2, 0.25) is 0 Å². The van der Waals surface area contributed by atoms with Gasteiger partial charge in [-0.3, -0.25) is 0 Å². The van der Waals surface area contributed by atoms with E-state index in [0.29, 0.717) is 0 Å². The first kappa shape index (κ1) is 8.69. The molecule has 0 aromatic heterocycles. The Morgan fingerprint density at radius 3 is 1.22 bits per heavy atom. The molecule has 45 valence electrons. The van der Waals surface area contributed by atoms with Gasteiger partial charge in [0.2, 0.25) is 0 Å². The van der Waals surface area contributed by atoms with Gasteiger partial charge < -0.3 is 10.2 Å². The molecule has 0 saturated carbocycles. The molecule has 1 aromatic carbocycles. The number of phenols is 2. The van der Waals surface area contributed by atoms with Crippen molar-refractivity contribution in [2.75, 3.05) is 0 Å². The minimum absolute atomic E-state index is 0. The molecule has 1 rings (SSSR count). The molecule has 0 aliphatic rings. The van der Waals surface area contributed by atoms with E-state index in [1.165, 1.54) is 24.3 Å². The Hall–Kier alpha value is -0.310. The monoisotopic (exact) mass is 155 g/mol. The smallest absolute Gasteiger partial charge is 0.115 e. The fraction of sp³-hybridized carbons (Fsp3) is 0. The van der Waals surface area contributed by atoms with Crippen molar-refractivity contribution in [1.29, 1.82) is 0 Å². The summed E-state index contributed by atoms with van der Waals surface area (Å²) in [5, 5.41) is 17.3. The average Bonchev–Trinajstić information content (AvgIpc) is 1.77. The van der Waals surface area contributed by atoms with Crippen LogP contribution in [0.1, 0.15) is 0 Å². The van der Waals surface area contributed by atoms with Gasteiger partial charge in [0.25, 0.3) is 0 Å². The van der Waals surface area contributed by atoms with Crippen LogP contribution < -0.4 is 0 Å². The van der Waals surface area contributed by atoms with Crippen molar-refractivity contribution in [3.05, 3.63) is 24.3 Å². The van der Waals surface area contributed by atoms with Crippen LogP contribution >= 0.6 is 0 Å². The van der Waals surface area contributed by atoms with E-state index >= 15 is 0 Å². The van der Waals surface area contributed by atoms with Gasteiger partial charge in [0, 0.05) is 25.8 Å². The van der Waals surface area contributed by atoms with Gasteiger partial charge in [-0.15, -0.1) is 0 Å². The van der Waals surface area contributed by atoms with Gasteiger partial charge in [-0.05, 0) is 24.3 Å². The zero-order valence-electron chi connectivity index (χ0n) is 4.78. The van der Waals surface area contributed by atoms with E-state index < -0.39 is 0 Å². The van der Waals surface area contributed by atoms with Crippen LogP contribution in [0.25, 0.3) is 0 Å². The van der Waals surface area contributed by atoms with Gasteiger partial charge in [-0.2, -0.15) is 0 Å². The van der Waals surface area contributed by atoms with E-state index in [1.54, 1.807) is 0 Å². The van der Waals surface area contributed by atoms with E-state index in [4.69, 9.17) is 10.2 Å². The second-order valence-electron chi connectivity index (χ2n) is 1.52. The number of hydrogen-bond donors (Lipinski definition) is 2. The maximum atomic E-state index is 8.65. The molecule has 0 fully saturated rings. The number of aromatic hydroxyl groups is 2. The Bertz CT molecular complexity index is 150. The molecule has 3 heteroatoms. The predicted molar refractivity (Wildman–Crippen MR) is 29.8 cm³/mol. The topological polar surface area (TPSA) is 40.5 Å². The third kappa shape index (κ3) is 2.65. The van der Waals surface area contributed by atoms with Gasteiger partial charge >= 0.3 is 0 Å². The van der Waals surface area contributed by atoms with Crippen molar-refractivity contribution in [2.45, 2.75) is 0 Å². The fourth-order valence-electron chi connectivity index (χ4n) is 0.453. The SMILES string of the molecule is Oc1ccc(O)cc1.[Sc]. The van der Waals surface area contributed by atoms with Gasteiger partial charge in [-0.1, -0.05) is 0 Å². The zero-order chi connectivity index (χ0) is 5.98. The van der Waals surface area contributed by atoms with Crippen LogP contribution in [0.5, 0.6) is 11.5 Å². The Morgan fingerprint density at radius 1 is 0.778 bits per heavy atom. The molecule has 0 aliphatic heterocycles. The summed E-state index contributed by atoms with van der Waals surface area (Å²) in [6.45, 7) is 0. The summed E-state index contributed by atoms with van der Waals surface area (Å²) in [5.41, 5.74) is 0. The molecule has 9 heavy (non-hydrogen) atoms. The van der Waals surface area contributed by atoms with E-state index in [-0.39, 0.29) is 37.3 Å². The second-order valence-corrected chi connectivity index (χ2v) is 1.52. The van der Waals surface area contributed by atoms with Gasteiger partial charge in [0.15, 0.2) is 0 Å². The molecule has 1 aromatic rings. The summed E-state index contributed by atoms with van der Waals surface area (Å²) in [6, 6.07) is 5.70. The van der Waals surface area contributed by atoms with Gasteiger partial charge in [-0.25, -0.2) is 0 Å². The summed E-state index contributed by atoms with van der Waals surface area (Å²) < 4.78 is 0. The summed E-state index contributed by atoms with van der Waals surface area (Å²) in [4.78, 5) is 0. The van der Waals surface area contributed by atoms with Crippen molar-refractivity contribution in [1.82, 2.24) is 0 Å². The number of hydrogen-bond acceptors (Lipinski definition) is 2. The number of phenolic OH excluding ortho intramolecular Hbond substituents is 2. The molecule has 0 aliphatic carbocycles. The van der Waals surface area contributed by atoms with Crippen molar-refractivity contribution >= 4 is 0 Å². The molecule has 0 spiro atoms. The first-order valence-electron chi connectivity index (χ1n) is 2.27. The molecule has 0 saturated heterocycles. The third-order valence-electron chi connectivity index (χ3n) is 0.850. The molecule has 0 atom stereocenters. The number of benzene rings is 1. The van der Waals surface area contributed by atoms with Crippen LogP contribution in [0.4, 0.5) is 0 Å². The third-order valence-corrected chi connectivity index (χ3v) is 0.850. The van der Waals surface area contributed by atoms with Crippen LogP contribution in [-0.4, -0.2) is 10.2 Å². The van der Waals surface area contributed by atoms with Crippen molar-refractivity contribution in [2.24, 2.45) is 0 Å². The Balaban J connectivity index is 0.000000640. The molecule has 2 nitrogen and oxygen atoms in total. The first-order chi connectivity index (χ1) is 3.79. The Labute approximate surface area is 71.9 Å². The summed E-state index contributed by atoms with van der Waals surface area (Å²) in [6.07, 6.45) is 0. The molecular weight excluding hydrogens is 149 g/mol. The first-order valence-corrected chi connectivity index (χ1v) is 2.27. The van der Waals surface area contributed by atoms with Crippen LogP contribution in [-0.2, 0) is 25.8 Å².